The quantitative estimate of drug-likeness (QED) is 0.595. The lowest BCUT2D eigenvalue weighted by atomic mass is 10.1. The van der Waals surface area contributed by atoms with Crippen molar-refractivity contribution in [1.29, 1.82) is 0 Å². The van der Waals surface area contributed by atoms with E-state index in [4.69, 9.17) is 9.47 Å². The number of rotatable bonds is 4. The molecule has 3 aromatic rings. The summed E-state index contributed by atoms with van der Waals surface area (Å²) < 4.78 is 10.7. The molecule has 3 N–H and O–H groups in total. The number of aromatic nitrogens is 2. The summed E-state index contributed by atoms with van der Waals surface area (Å²) in [4.78, 5) is 40.6. The minimum Gasteiger partial charge on any atom is -0.493 e. The predicted molar refractivity (Wildman–Crippen MR) is 103 cm³/mol. The fourth-order valence-electron chi connectivity index (χ4n) is 3.58. The first-order valence-electron chi connectivity index (χ1n) is 8.82. The van der Waals surface area contributed by atoms with Gasteiger partial charge in [-0.15, -0.1) is 0 Å². The lowest BCUT2D eigenvalue weighted by Gasteiger charge is -2.16. The molecule has 0 fully saturated rings. The van der Waals surface area contributed by atoms with E-state index in [0.29, 0.717) is 28.1 Å². The molecule has 1 aromatic heterocycles. The third-order valence-corrected chi connectivity index (χ3v) is 5.01. The molecule has 144 valence electrons. The normalized spacial score (nSPS) is 15.3. The van der Waals surface area contributed by atoms with Crippen molar-refractivity contribution >= 4 is 16.9 Å². The molecule has 1 aliphatic carbocycles. The first-order chi connectivity index (χ1) is 13.5. The second-order valence-electron chi connectivity index (χ2n) is 6.64. The predicted octanol–water partition coefficient (Wildman–Crippen LogP) is 1.65. The average Bonchev–Trinajstić information content (AvgIpc) is 3.08. The molecule has 0 radical (unpaired) electrons. The molecule has 28 heavy (non-hydrogen) atoms. The number of nitrogens with one attached hydrogen (secondary N) is 3. The van der Waals surface area contributed by atoms with E-state index in [1.54, 1.807) is 32.4 Å². The SMILES string of the molecule is COc1cc2c(cc1OC)[C@@H](NC(=O)c1ccc3[nH]c(=O)c(=O)[nH]c3c1)CC2. The van der Waals surface area contributed by atoms with Crippen LogP contribution >= 0.6 is 0 Å². The van der Waals surface area contributed by atoms with E-state index in [1.165, 1.54) is 0 Å². The van der Waals surface area contributed by atoms with E-state index in [-0.39, 0.29) is 11.9 Å². The van der Waals surface area contributed by atoms with Crippen molar-refractivity contribution in [1.82, 2.24) is 15.3 Å². The smallest absolute Gasteiger partial charge is 0.314 e. The van der Waals surface area contributed by atoms with Crippen LogP contribution in [0.15, 0.2) is 39.9 Å². The number of hydrogen-bond donors (Lipinski definition) is 3. The molecule has 4 rings (SSSR count). The van der Waals surface area contributed by atoms with Crippen LogP contribution in [0.1, 0.15) is 33.9 Å². The molecule has 0 bridgehead atoms. The maximum absolute atomic E-state index is 12.8. The summed E-state index contributed by atoms with van der Waals surface area (Å²) in [6.45, 7) is 0. The number of amides is 1. The topological polar surface area (TPSA) is 113 Å². The summed E-state index contributed by atoms with van der Waals surface area (Å²) in [5, 5.41) is 3.03. The van der Waals surface area contributed by atoms with E-state index in [0.717, 1.165) is 24.0 Å². The highest BCUT2D eigenvalue weighted by Crippen LogP contribution is 2.39. The summed E-state index contributed by atoms with van der Waals surface area (Å²) in [5.41, 5.74) is 1.89. The van der Waals surface area contributed by atoms with Crippen molar-refractivity contribution in [2.24, 2.45) is 0 Å². The minimum absolute atomic E-state index is 0.146. The van der Waals surface area contributed by atoms with Crippen LogP contribution in [0, 0.1) is 0 Å². The summed E-state index contributed by atoms with van der Waals surface area (Å²) in [6.07, 6.45) is 1.60. The van der Waals surface area contributed by atoms with Gasteiger partial charge in [0.2, 0.25) is 0 Å². The van der Waals surface area contributed by atoms with Gasteiger partial charge in [-0.05, 0) is 54.3 Å². The number of carbonyl (C=O) groups is 1. The molecule has 8 nitrogen and oxygen atoms in total. The Balaban J connectivity index is 1.62. The number of H-pyrrole nitrogens is 2. The highest BCUT2D eigenvalue weighted by atomic mass is 16.5. The molecule has 1 heterocycles. The van der Waals surface area contributed by atoms with E-state index in [1.807, 2.05) is 12.1 Å². The Morgan fingerprint density at radius 2 is 1.68 bits per heavy atom. The zero-order valence-corrected chi connectivity index (χ0v) is 15.4. The Morgan fingerprint density at radius 1 is 1.00 bits per heavy atom. The Labute approximate surface area is 159 Å². The first-order valence-corrected chi connectivity index (χ1v) is 8.82. The van der Waals surface area contributed by atoms with Crippen LogP contribution in [0.25, 0.3) is 11.0 Å². The zero-order valence-electron chi connectivity index (χ0n) is 15.4. The van der Waals surface area contributed by atoms with Gasteiger partial charge in [-0.25, -0.2) is 0 Å². The number of ether oxygens (including phenoxy) is 2. The van der Waals surface area contributed by atoms with Gasteiger partial charge in [0.05, 0.1) is 31.3 Å². The summed E-state index contributed by atoms with van der Waals surface area (Å²) in [7, 11) is 3.17. The standard InChI is InChI=1S/C20H19N3O5/c1-27-16-8-10-3-5-13(12(10)9-17(16)28-2)21-18(24)11-4-6-14-15(7-11)23-20(26)19(25)22-14/h4,6-9,13H,3,5H2,1-2H3,(H,21,24)(H,22,25)(H,23,26)/t13-/m0/s1. The van der Waals surface area contributed by atoms with Gasteiger partial charge in [-0.1, -0.05) is 0 Å². The minimum atomic E-state index is -0.754. The van der Waals surface area contributed by atoms with Crippen LogP contribution in [0.5, 0.6) is 11.5 Å². The summed E-state index contributed by atoms with van der Waals surface area (Å²) >= 11 is 0. The largest absolute Gasteiger partial charge is 0.493 e. The monoisotopic (exact) mass is 381 g/mol. The number of fused-ring (bicyclic) bond motifs is 2. The molecule has 0 saturated carbocycles. The van der Waals surface area contributed by atoms with Crippen LogP contribution in [-0.2, 0) is 6.42 Å². The fraction of sp³-hybridized carbons (Fsp3) is 0.250. The molecule has 0 aliphatic heterocycles. The highest BCUT2D eigenvalue weighted by molar-refractivity contribution is 5.97. The number of carbonyl (C=O) groups excluding carboxylic acids is 1. The van der Waals surface area contributed by atoms with Crippen LogP contribution in [-0.4, -0.2) is 30.1 Å². The zero-order chi connectivity index (χ0) is 19.8. The van der Waals surface area contributed by atoms with Crippen molar-refractivity contribution in [3.05, 3.63) is 67.7 Å². The van der Waals surface area contributed by atoms with Crippen molar-refractivity contribution < 1.29 is 14.3 Å². The fourth-order valence-corrected chi connectivity index (χ4v) is 3.58. The lowest BCUT2D eigenvalue weighted by molar-refractivity contribution is 0.0937. The highest BCUT2D eigenvalue weighted by Gasteiger charge is 2.26. The summed E-state index contributed by atoms with van der Waals surface area (Å²) in [5.74, 6) is 1.02. The van der Waals surface area contributed by atoms with Gasteiger partial charge >= 0.3 is 11.1 Å². The van der Waals surface area contributed by atoms with Gasteiger partial charge < -0.3 is 24.8 Å². The number of hydrogen-bond acceptors (Lipinski definition) is 5. The Kier molecular flexibility index (Phi) is 4.38. The van der Waals surface area contributed by atoms with E-state index < -0.39 is 11.1 Å². The number of benzene rings is 2. The van der Waals surface area contributed by atoms with Gasteiger partial charge in [0.25, 0.3) is 5.91 Å². The Hall–Kier alpha value is -3.55. The van der Waals surface area contributed by atoms with Crippen LogP contribution in [0.4, 0.5) is 0 Å². The lowest BCUT2D eigenvalue weighted by Crippen LogP contribution is -2.29. The van der Waals surface area contributed by atoms with Gasteiger partial charge in [0, 0.05) is 5.56 Å². The van der Waals surface area contributed by atoms with Crippen LogP contribution in [0.2, 0.25) is 0 Å². The molecule has 8 heteroatoms. The first kappa shape index (κ1) is 17.8. The van der Waals surface area contributed by atoms with Crippen molar-refractivity contribution in [2.75, 3.05) is 14.2 Å². The molecular formula is C20H19N3O5. The van der Waals surface area contributed by atoms with Gasteiger partial charge in [0.15, 0.2) is 11.5 Å². The average molecular weight is 381 g/mol. The van der Waals surface area contributed by atoms with Gasteiger partial charge in [-0.2, -0.15) is 0 Å². The maximum Gasteiger partial charge on any atom is 0.314 e. The molecule has 1 aliphatic rings. The van der Waals surface area contributed by atoms with Gasteiger partial charge in [-0.3, -0.25) is 14.4 Å². The molecule has 0 unspecified atom stereocenters. The molecule has 1 atom stereocenters. The molecule has 2 aromatic carbocycles. The van der Waals surface area contributed by atoms with E-state index in [2.05, 4.69) is 15.3 Å². The molecule has 1 amide bonds. The molecule has 0 saturated heterocycles. The van der Waals surface area contributed by atoms with Gasteiger partial charge in [0.1, 0.15) is 0 Å². The number of aromatic amines is 2. The second-order valence-corrected chi connectivity index (χ2v) is 6.64. The molecule has 0 spiro atoms. The van der Waals surface area contributed by atoms with E-state index >= 15 is 0 Å². The van der Waals surface area contributed by atoms with Crippen LogP contribution in [0.3, 0.4) is 0 Å². The summed E-state index contributed by atoms with van der Waals surface area (Å²) in [6, 6.07) is 8.44. The van der Waals surface area contributed by atoms with E-state index in [9.17, 15) is 14.4 Å². The van der Waals surface area contributed by atoms with Crippen molar-refractivity contribution in [2.45, 2.75) is 18.9 Å². The number of aryl methyl sites for hydroxylation is 1. The third-order valence-electron chi connectivity index (χ3n) is 5.01. The Bertz CT molecular complexity index is 1190. The maximum atomic E-state index is 12.8. The number of methoxy groups -OCH3 is 2. The van der Waals surface area contributed by atoms with Crippen molar-refractivity contribution in [3.8, 4) is 11.5 Å². The van der Waals surface area contributed by atoms with Crippen LogP contribution < -0.4 is 25.9 Å². The second kappa shape index (κ2) is 6.88. The molecular weight excluding hydrogens is 362 g/mol. The third kappa shape index (κ3) is 3.02. The van der Waals surface area contributed by atoms with Crippen molar-refractivity contribution in [3.63, 3.8) is 0 Å². The Morgan fingerprint density at radius 3 is 2.39 bits per heavy atom.